The van der Waals surface area contributed by atoms with Crippen LogP contribution in [0, 0.1) is 11.3 Å². The zero-order valence-corrected chi connectivity index (χ0v) is 10.4. The number of alkyl halides is 3. The molecule has 0 unspecified atom stereocenters. The number of nitriles is 1. The van der Waals surface area contributed by atoms with Crippen molar-refractivity contribution < 1.29 is 13.2 Å². The fourth-order valence-electron chi connectivity index (χ4n) is 1.70. The number of hydrogen-bond donors (Lipinski definition) is 1. The third-order valence-corrected chi connectivity index (χ3v) is 3.20. The summed E-state index contributed by atoms with van der Waals surface area (Å²) in [6.07, 6.45) is 0. The van der Waals surface area contributed by atoms with Gasteiger partial charge in [-0.1, -0.05) is 0 Å². The third-order valence-electron chi connectivity index (χ3n) is 2.49. The van der Waals surface area contributed by atoms with E-state index in [9.17, 15) is 13.2 Å². The molecule has 2 rings (SSSR count). The molecule has 1 heterocycles. The average Bonchev–Trinajstić information content (AvgIpc) is 2.63. The number of imidazole rings is 1. The van der Waals surface area contributed by atoms with Gasteiger partial charge in [0, 0.05) is 12.3 Å². The largest absolute Gasteiger partial charge is 0.441 e. The lowest BCUT2D eigenvalue weighted by Gasteiger charge is -2.08. The normalized spacial score (nSPS) is 11.7. The van der Waals surface area contributed by atoms with Gasteiger partial charge in [-0.25, -0.2) is 4.98 Å². The molecule has 100 valence electrons. The van der Waals surface area contributed by atoms with Gasteiger partial charge in [-0.15, -0.1) is 0 Å². The maximum absolute atomic E-state index is 12.1. The first-order valence-corrected chi connectivity index (χ1v) is 6.26. The molecule has 0 spiro atoms. The number of hydrogen-bond acceptors (Lipinski definition) is 4. The molecule has 0 amide bonds. The molecule has 19 heavy (non-hydrogen) atoms. The van der Waals surface area contributed by atoms with Crippen molar-refractivity contribution in [2.75, 3.05) is 11.5 Å². The van der Waals surface area contributed by atoms with Gasteiger partial charge < -0.3 is 10.3 Å². The van der Waals surface area contributed by atoms with Crippen molar-refractivity contribution in [1.29, 1.82) is 5.26 Å². The van der Waals surface area contributed by atoms with Crippen LogP contribution in [0.1, 0.15) is 5.56 Å². The SMILES string of the molecule is N#Cc1ccc2nc(N)n(CCSC(F)(F)F)c2c1. The Labute approximate surface area is 111 Å². The molecule has 2 aromatic rings. The van der Waals surface area contributed by atoms with Gasteiger partial charge in [-0.2, -0.15) is 18.4 Å². The minimum atomic E-state index is -4.26. The summed E-state index contributed by atoms with van der Waals surface area (Å²) in [6, 6.07) is 6.74. The number of nitrogens with zero attached hydrogens (tertiary/aromatic N) is 3. The Hall–Kier alpha value is -1.88. The van der Waals surface area contributed by atoms with Gasteiger partial charge in [0.1, 0.15) is 0 Å². The topological polar surface area (TPSA) is 67.6 Å². The van der Waals surface area contributed by atoms with E-state index in [4.69, 9.17) is 11.0 Å². The van der Waals surface area contributed by atoms with Crippen LogP contribution in [0.25, 0.3) is 11.0 Å². The highest BCUT2D eigenvalue weighted by Crippen LogP contribution is 2.30. The molecule has 0 radical (unpaired) electrons. The summed E-state index contributed by atoms with van der Waals surface area (Å²) >= 11 is -0.110. The number of aromatic nitrogens is 2. The van der Waals surface area contributed by atoms with Crippen LogP contribution >= 0.6 is 11.8 Å². The maximum atomic E-state index is 12.1. The van der Waals surface area contributed by atoms with Crippen molar-refractivity contribution in [1.82, 2.24) is 9.55 Å². The highest BCUT2D eigenvalue weighted by molar-refractivity contribution is 8.00. The molecule has 1 aromatic carbocycles. The Bertz CT molecular complexity index is 642. The third kappa shape index (κ3) is 3.12. The minimum Gasteiger partial charge on any atom is -0.369 e. The number of nitrogen functional groups attached to an aromatic ring is 1. The van der Waals surface area contributed by atoms with Crippen molar-refractivity contribution in [3.8, 4) is 6.07 Å². The first-order valence-electron chi connectivity index (χ1n) is 5.27. The number of nitrogens with two attached hydrogens (primary N) is 1. The molecule has 0 saturated heterocycles. The van der Waals surface area contributed by atoms with Gasteiger partial charge in [-0.3, -0.25) is 0 Å². The second-order valence-electron chi connectivity index (χ2n) is 3.73. The lowest BCUT2D eigenvalue weighted by Crippen LogP contribution is -2.09. The summed E-state index contributed by atoms with van der Waals surface area (Å²) in [5, 5.41) is 8.81. The lowest BCUT2D eigenvalue weighted by atomic mass is 10.2. The van der Waals surface area contributed by atoms with Gasteiger partial charge in [0.05, 0.1) is 22.7 Å². The summed E-state index contributed by atoms with van der Waals surface area (Å²) in [6.45, 7) is 0.0847. The molecular formula is C11H9F3N4S. The second kappa shape index (κ2) is 5.01. The van der Waals surface area contributed by atoms with Gasteiger partial charge in [0.15, 0.2) is 0 Å². The number of fused-ring (bicyclic) bond motifs is 1. The zero-order chi connectivity index (χ0) is 14.0. The van der Waals surface area contributed by atoms with E-state index in [-0.39, 0.29) is 30.0 Å². The molecule has 0 aliphatic heterocycles. The lowest BCUT2D eigenvalue weighted by molar-refractivity contribution is -0.0328. The summed E-state index contributed by atoms with van der Waals surface area (Å²) in [5.74, 6) is -0.0106. The Kier molecular flexibility index (Phi) is 3.57. The van der Waals surface area contributed by atoms with Crippen LogP contribution in [0.15, 0.2) is 18.2 Å². The van der Waals surface area contributed by atoms with E-state index < -0.39 is 5.51 Å². The van der Waals surface area contributed by atoms with Crippen LogP contribution in [-0.4, -0.2) is 20.8 Å². The number of rotatable bonds is 3. The molecule has 4 nitrogen and oxygen atoms in total. The quantitative estimate of drug-likeness (QED) is 0.942. The molecule has 0 bridgehead atoms. The molecule has 8 heteroatoms. The predicted octanol–water partition coefficient (Wildman–Crippen LogP) is 2.74. The Morgan fingerprint density at radius 3 is 2.79 bits per heavy atom. The molecule has 0 saturated carbocycles. The Balaban J connectivity index is 2.27. The van der Waals surface area contributed by atoms with E-state index in [1.165, 1.54) is 4.57 Å². The first-order chi connectivity index (χ1) is 8.90. The molecule has 0 atom stereocenters. The standard InChI is InChI=1S/C11H9F3N4S/c12-11(13,14)19-4-3-18-9-5-7(6-15)1-2-8(9)17-10(18)16/h1-2,5H,3-4H2,(H2,16,17). The van der Waals surface area contributed by atoms with Gasteiger partial charge in [0.2, 0.25) is 5.95 Å². The van der Waals surface area contributed by atoms with E-state index in [1.807, 2.05) is 6.07 Å². The number of anilines is 1. The summed E-state index contributed by atoms with van der Waals surface area (Å²) in [7, 11) is 0. The fraction of sp³-hybridized carbons (Fsp3) is 0.273. The van der Waals surface area contributed by atoms with Crippen LogP contribution < -0.4 is 5.73 Å². The van der Waals surface area contributed by atoms with Gasteiger partial charge >= 0.3 is 5.51 Å². The van der Waals surface area contributed by atoms with E-state index in [2.05, 4.69) is 4.98 Å². The summed E-state index contributed by atoms with van der Waals surface area (Å²) in [4.78, 5) is 4.04. The van der Waals surface area contributed by atoms with E-state index in [0.29, 0.717) is 16.6 Å². The highest BCUT2D eigenvalue weighted by atomic mass is 32.2. The summed E-state index contributed by atoms with van der Waals surface area (Å²) < 4.78 is 37.7. The van der Waals surface area contributed by atoms with Crippen molar-refractivity contribution in [2.45, 2.75) is 12.1 Å². The zero-order valence-electron chi connectivity index (χ0n) is 9.61. The number of aryl methyl sites for hydroxylation is 1. The summed E-state index contributed by atoms with van der Waals surface area (Å²) in [5.41, 5.74) is 2.96. The van der Waals surface area contributed by atoms with Gasteiger partial charge in [-0.05, 0) is 30.0 Å². The van der Waals surface area contributed by atoms with Crippen molar-refractivity contribution in [2.24, 2.45) is 0 Å². The minimum absolute atomic E-state index is 0.0847. The molecule has 0 fully saturated rings. The van der Waals surface area contributed by atoms with Crippen LogP contribution in [0.3, 0.4) is 0 Å². The monoisotopic (exact) mass is 286 g/mol. The smallest absolute Gasteiger partial charge is 0.369 e. The molecule has 2 N–H and O–H groups in total. The van der Waals surface area contributed by atoms with Gasteiger partial charge in [0.25, 0.3) is 0 Å². The van der Waals surface area contributed by atoms with Crippen molar-refractivity contribution in [3.63, 3.8) is 0 Å². The van der Waals surface area contributed by atoms with E-state index >= 15 is 0 Å². The molecule has 1 aromatic heterocycles. The van der Waals surface area contributed by atoms with Crippen LogP contribution in [0.2, 0.25) is 0 Å². The van der Waals surface area contributed by atoms with E-state index in [0.717, 1.165) is 0 Å². The molecule has 0 aliphatic carbocycles. The second-order valence-corrected chi connectivity index (χ2v) is 4.89. The number of halogens is 3. The fourth-order valence-corrected chi connectivity index (χ4v) is 2.20. The molecular weight excluding hydrogens is 277 g/mol. The number of thioether (sulfide) groups is 1. The van der Waals surface area contributed by atoms with E-state index in [1.54, 1.807) is 18.2 Å². The first kappa shape index (κ1) is 13.5. The Morgan fingerprint density at radius 2 is 2.16 bits per heavy atom. The number of benzene rings is 1. The average molecular weight is 286 g/mol. The van der Waals surface area contributed by atoms with Crippen molar-refractivity contribution >= 4 is 28.7 Å². The molecule has 0 aliphatic rings. The van der Waals surface area contributed by atoms with Crippen LogP contribution in [-0.2, 0) is 6.54 Å². The van der Waals surface area contributed by atoms with Crippen molar-refractivity contribution in [3.05, 3.63) is 23.8 Å². The maximum Gasteiger partial charge on any atom is 0.441 e. The predicted molar refractivity (Wildman–Crippen MR) is 67.4 cm³/mol. The van der Waals surface area contributed by atoms with Crippen LogP contribution in [0.4, 0.5) is 19.1 Å². The Morgan fingerprint density at radius 1 is 1.42 bits per heavy atom. The highest BCUT2D eigenvalue weighted by Gasteiger charge is 2.27. The van der Waals surface area contributed by atoms with Crippen LogP contribution in [0.5, 0.6) is 0 Å².